The molecule has 0 aliphatic heterocycles. The van der Waals surface area contributed by atoms with Gasteiger partial charge in [-0.3, -0.25) is 0 Å². The van der Waals surface area contributed by atoms with Crippen molar-refractivity contribution in [1.29, 1.82) is 0 Å². The molecule has 0 saturated carbocycles. The Morgan fingerprint density at radius 2 is 2.17 bits per heavy atom. The normalized spacial score (nSPS) is 14.5. The maximum absolute atomic E-state index is 5.50. The minimum absolute atomic E-state index is 0.214. The average molecular weight is 234 g/mol. The second-order valence-corrected chi connectivity index (χ2v) is 4.07. The summed E-state index contributed by atoms with van der Waals surface area (Å²) in [5, 5.41) is 1.04. The summed E-state index contributed by atoms with van der Waals surface area (Å²) in [6.45, 7) is 0. The van der Waals surface area contributed by atoms with Gasteiger partial charge in [-0.05, 0) is 0 Å². The number of rotatable bonds is 2. The third-order valence-electron chi connectivity index (χ3n) is 0.345. The minimum atomic E-state index is 0.214. The number of halogens is 1. The van der Waals surface area contributed by atoms with Gasteiger partial charge in [-0.1, -0.05) is 0 Å². The molecule has 1 unspecified atom stereocenters. The van der Waals surface area contributed by atoms with Gasteiger partial charge in [0.25, 0.3) is 0 Å². The molecular formula is C3H5ClSe2. The molecule has 1 atom stereocenters. The molecule has 0 bridgehead atoms. The zero-order valence-corrected chi connectivity index (χ0v) is 7.37. The van der Waals surface area contributed by atoms with Crippen LogP contribution in [0.15, 0.2) is 0 Å². The summed E-state index contributed by atoms with van der Waals surface area (Å²) in [6, 6.07) is 0. The van der Waals surface area contributed by atoms with Crippen molar-refractivity contribution in [2.75, 3.05) is 0 Å². The van der Waals surface area contributed by atoms with E-state index in [0.717, 1.165) is 11.7 Å². The number of hydrogen-bond acceptors (Lipinski definition) is 0. The van der Waals surface area contributed by atoms with Gasteiger partial charge in [0.15, 0.2) is 0 Å². The second kappa shape index (κ2) is 4.49. The molecule has 0 aromatic heterocycles. The van der Waals surface area contributed by atoms with Gasteiger partial charge >= 0.3 is 59.6 Å². The maximum atomic E-state index is 5.50. The molecule has 6 heavy (non-hydrogen) atoms. The van der Waals surface area contributed by atoms with Crippen LogP contribution in [0.4, 0.5) is 0 Å². The van der Waals surface area contributed by atoms with Crippen LogP contribution in [0.25, 0.3) is 0 Å². The van der Waals surface area contributed by atoms with Crippen LogP contribution in [0.5, 0.6) is 0 Å². The first-order chi connectivity index (χ1) is 2.77. The summed E-state index contributed by atoms with van der Waals surface area (Å²) in [6.07, 6.45) is 1.03. The van der Waals surface area contributed by atoms with Crippen molar-refractivity contribution in [2.45, 2.75) is 16.0 Å². The van der Waals surface area contributed by atoms with Gasteiger partial charge in [0, 0.05) is 0 Å². The first kappa shape index (κ1) is 7.33. The zero-order chi connectivity index (χ0) is 4.99. The molecule has 0 fully saturated rings. The summed E-state index contributed by atoms with van der Waals surface area (Å²) in [7, 11) is 0. The van der Waals surface area contributed by atoms with Gasteiger partial charge < -0.3 is 0 Å². The van der Waals surface area contributed by atoms with E-state index < -0.39 is 0 Å². The quantitative estimate of drug-likeness (QED) is 0.487. The average Bonchev–Trinajstić information content (AvgIpc) is 1.35. The van der Waals surface area contributed by atoms with Crippen molar-refractivity contribution >= 4 is 43.6 Å². The second-order valence-electron chi connectivity index (χ2n) is 0.903. The summed E-state index contributed by atoms with van der Waals surface area (Å²) in [5.41, 5.74) is 0. The third kappa shape index (κ3) is 5.33. The van der Waals surface area contributed by atoms with Crippen molar-refractivity contribution in [1.82, 2.24) is 0 Å². The van der Waals surface area contributed by atoms with Crippen LogP contribution in [0.1, 0.15) is 6.42 Å². The third-order valence-corrected chi connectivity index (χ3v) is 1.55. The summed E-state index contributed by atoms with van der Waals surface area (Å²) in [4.78, 5) is 0. The fourth-order valence-electron chi connectivity index (χ4n) is 0.0927. The summed E-state index contributed by atoms with van der Waals surface area (Å²) in [5.74, 6) is 0. The molecule has 0 aliphatic rings. The van der Waals surface area contributed by atoms with E-state index in [2.05, 4.69) is 32.0 Å². The van der Waals surface area contributed by atoms with Gasteiger partial charge in [-0.15, -0.1) is 0 Å². The molecule has 0 amide bonds. The van der Waals surface area contributed by atoms with E-state index in [1.54, 1.807) is 0 Å². The first-order valence-corrected chi connectivity index (χ1v) is 4.29. The molecule has 2 radical (unpaired) electrons. The summed E-state index contributed by atoms with van der Waals surface area (Å²) < 4.78 is 0.214. The predicted octanol–water partition coefficient (Wildman–Crippen LogP) is 0.697. The van der Waals surface area contributed by atoms with Crippen LogP contribution in [0, 0.1) is 0 Å². The summed E-state index contributed by atoms with van der Waals surface area (Å²) >= 11 is 11.2. The molecule has 0 spiro atoms. The van der Waals surface area contributed by atoms with Crippen molar-refractivity contribution in [2.24, 2.45) is 0 Å². The monoisotopic (exact) mass is 236 g/mol. The molecule has 0 rings (SSSR count). The van der Waals surface area contributed by atoms with Crippen molar-refractivity contribution in [3.05, 3.63) is 0 Å². The molecule has 0 nitrogen and oxygen atoms in total. The van der Waals surface area contributed by atoms with E-state index in [4.69, 9.17) is 11.6 Å². The van der Waals surface area contributed by atoms with Gasteiger partial charge in [-0.2, -0.15) is 0 Å². The van der Waals surface area contributed by atoms with Crippen molar-refractivity contribution in [3.8, 4) is 0 Å². The van der Waals surface area contributed by atoms with Crippen molar-refractivity contribution < 1.29 is 0 Å². The molecule has 0 aromatic carbocycles. The van der Waals surface area contributed by atoms with E-state index in [-0.39, 0.29) is 4.28 Å². The Morgan fingerprint density at radius 3 is 2.17 bits per heavy atom. The molecule has 0 aromatic rings. The van der Waals surface area contributed by atoms with E-state index >= 15 is 0 Å². The van der Waals surface area contributed by atoms with E-state index in [1.165, 1.54) is 0 Å². The molecular weight excluding hydrogens is 229 g/mol. The molecule has 0 saturated heterocycles. The SMILES string of the molecule is ClC([Se])CC[Se]. The number of hydrogen-bond donors (Lipinski definition) is 0. The van der Waals surface area contributed by atoms with Crippen LogP contribution in [0.3, 0.4) is 0 Å². The molecule has 3 heteroatoms. The Kier molecular flexibility index (Phi) is 5.48. The topological polar surface area (TPSA) is 0 Å². The van der Waals surface area contributed by atoms with Gasteiger partial charge in [0.2, 0.25) is 0 Å². The predicted molar refractivity (Wildman–Crippen MR) is 30.6 cm³/mol. The molecule has 36 valence electrons. The van der Waals surface area contributed by atoms with Crippen LogP contribution < -0.4 is 0 Å². The van der Waals surface area contributed by atoms with Crippen LogP contribution in [-0.2, 0) is 0 Å². The Hall–Kier alpha value is 1.33. The van der Waals surface area contributed by atoms with Gasteiger partial charge in [0.05, 0.1) is 0 Å². The Labute approximate surface area is 59.6 Å². The van der Waals surface area contributed by atoms with Crippen LogP contribution in [-0.4, -0.2) is 36.3 Å². The fraction of sp³-hybridized carbons (Fsp3) is 1.00. The molecule has 0 N–H and O–H groups in total. The van der Waals surface area contributed by atoms with Gasteiger partial charge in [-0.25, -0.2) is 0 Å². The zero-order valence-electron chi connectivity index (χ0n) is 3.19. The Bertz CT molecular complexity index is 30.0. The first-order valence-electron chi connectivity index (χ1n) is 1.65. The van der Waals surface area contributed by atoms with E-state index in [0.29, 0.717) is 0 Å². The van der Waals surface area contributed by atoms with Crippen LogP contribution in [0.2, 0.25) is 5.32 Å². The molecule has 0 heterocycles. The van der Waals surface area contributed by atoms with Crippen molar-refractivity contribution in [3.63, 3.8) is 0 Å². The fourth-order valence-corrected chi connectivity index (χ4v) is 1.99. The van der Waals surface area contributed by atoms with E-state index in [1.807, 2.05) is 0 Å². The Balaban J connectivity index is 2.63. The standard InChI is InChI=1S/C3H5ClSe2/c4-3(6)1-2-5/h3H,1-2H2. The van der Waals surface area contributed by atoms with Gasteiger partial charge in [0.1, 0.15) is 0 Å². The van der Waals surface area contributed by atoms with Crippen LogP contribution >= 0.6 is 11.6 Å². The number of alkyl halides is 1. The van der Waals surface area contributed by atoms with E-state index in [9.17, 15) is 0 Å². The molecule has 0 aliphatic carbocycles. The Morgan fingerprint density at radius 1 is 1.67 bits per heavy atom.